The summed E-state index contributed by atoms with van der Waals surface area (Å²) in [6, 6.07) is 1.52. The first-order valence-corrected chi connectivity index (χ1v) is 10.1. The van der Waals surface area contributed by atoms with E-state index in [4.69, 9.17) is 10.8 Å². The second-order valence-corrected chi connectivity index (χ2v) is 7.83. The van der Waals surface area contributed by atoms with Gasteiger partial charge in [-0.05, 0) is 18.9 Å². The number of nitrogens with zero attached hydrogens (tertiary/aromatic N) is 5. The van der Waals surface area contributed by atoms with Crippen LogP contribution in [0.3, 0.4) is 0 Å². The van der Waals surface area contributed by atoms with Crippen LogP contribution in [0, 0.1) is 23.2 Å². The van der Waals surface area contributed by atoms with E-state index in [-0.39, 0.29) is 43.5 Å². The molecule has 11 nitrogen and oxygen atoms in total. The molecule has 2 amide bonds. The molecule has 1 saturated heterocycles. The van der Waals surface area contributed by atoms with Crippen molar-refractivity contribution in [3.05, 3.63) is 21.0 Å². The summed E-state index contributed by atoms with van der Waals surface area (Å²) < 4.78 is 0. The molecule has 2 rings (SSSR count). The SMILES string of the molecule is C[C@@H](O)[C@H]1C(=O)N2C(C(=O)O)=C(SCCC#N)[C@H](CCNC(=O)CCN=[N+]=[N-])C12. The highest BCUT2D eigenvalue weighted by Gasteiger charge is 2.60. The van der Waals surface area contributed by atoms with E-state index < -0.39 is 29.9 Å². The van der Waals surface area contributed by atoms with Crippen LogP contribution >= 0.6 is 11.8 Å². The van der Waals surface area contributed by atoms with Crippen molar-refractivity contribution in [1.29, 1.82) is 5.26 Å². The van der Waals surface area contributed by atoms with E-state index in [1.54, 1.807) is 0 Å². The zero-order chi connectivity index (χ0) is 21.6. The van der Waals surface area contributed by atoms with Crippen molar-refractivity contribution in [3.8, 4) is 6.07 Å². The van der Waals surface area contributed by atoms with E-state index in [1.165, 1.54) is 23.6 Å². The Morgan fingerprint density at radius 3 is 2.83 bits per heavy atom. The number of carbonyl (C=O) groups excluding carboxylic acids is 2. The number of aliphatic carboxylic acids is 1. The molecule has 0 radical (unpaired) electrons. The predicted octanol–water partition coefficient (Wildman–Crippen LogP) is 0.974. The maximum atomic E-state index is 12.4. The first-order chi connectivity index (χ1) is 13.8. The van der Waals surface area contributed by atoms with Crippen molar-refractivity contribution in [3.63, 3.8) is 0 Å². The van der Waals surface area contributed by atoms with E-state index in [1.807, 2.05) is 6.07 Å². The number of rotatable bonds is 11. The molecule has 156 valence electrons. The lowest BCUT2D eigenvalue weighted by Gasteiger charge is -2.47. The van der Waals surface area contributed by atoms with Crippen LogP contribution in [0.25, 0.3) is 10.4 Å². The molecular formula is C17H22N6O5S. The molecule has 0 aliphatic carbocycles. The number of carboxylic acid groups (broad SMARTS) is 1. The van der Waals surface area contributed by atoms with Crippen molar-refractivity contribution in [2.75, 3.05) is 18.8 Å². The monoisotopic (exact) mass is 422 g/mol. The number of β-lactam (4-membered cyclic amide) rings is 1. The third-order valence-electron chi connectivity index (χ3n) is 4.89. The van der Waals surface area contributed by atoms with Gasteiger partial charge in [0.2, 0.25) is 11.8 Å². The molecule has 0 saturated carbocycles. The quantitative estimate of drug-likeness (QED) is 0.146. The summed E-state index contributed by atoms with van der Waals surface area (Å²) in [5.74, 6) is -2.64. The fourth-order valence-electron chi connectivity index (χ4n) is 3.71. The topological polar surface area (TPSA) is 179 Å². The maximum Gasteiger partial charge on any atom is 0.353 e. The van der Waals surface area contributed by atoms with Crippen molar-refractivity contribution in [1.82, 2.24) is 10.2 Å². The first kappa shape index (κ1) is 22.5. The second-order valence-electron chi connectivity index (χ2n) is 6.69. The molecule has 0 spiro atoms. The number of carboxylic acids is 1. The number of hydrogen-bond donors (Lipinski definition) is 3. The maximum absolute atomic E-state index is 12.4. The highest BCUT2D eigenvalue weighted by molar-refractivity contribution is 8.03. The zero-order valence-electron chi connectivity index (χ0n) is 15.8. The summed E-state index contributed by atoms with van der Waals surface area (Å²) in [5, 5.41) is 34.4. The number of fused-ring (bicyclic) bond motifs is 1. The molecule has 29 heavy (non-hydrogen) atoms. The van der Waals surface area contributed by atoms with Gasteiger partial charge in [0.15, 0.2) is 0 Å². The van der Waals surface area contributed by atoms with Gasteiger partial charge in [0, 0.05) is 47.4 Å². The number of hydrogen-bond acceptors (Lipinski definition) is 7. The van der Waals surface area contributed by atoms with Gasteiger partial charge in [0.05, 0.1) is 24.1 Å². The molecule has 1 fully saturated rings. The number of nitriles is 1. The molecule has 0 aromatic rings. The highest BCUT2D eigenvalue weighted by atomic mass is 32.2. The van der Waals surface area contributed by atoms with E-state index in [9.17, 15) is 24.6 Å². The van der Waals surface area contributed by atoms with Gasteiger partial charge in [-0.1, -0.05) is 5.11 Å². The summed E-state index contributed by atoms with van der Waals surface area (Å²) in [7, 11) is 0. The Bertz CT molecular complexity index is 801. The van der Waals surface area contributed by atoms with Crippen molar-refractivity contribution < 1.29 is 24.6 Å². The zero-order valence-corrected chi connectivity index (χ0v) is 16.6. The smallest absolute Gasteiger partial charge is 0.353 e. The summed E-state index contributed by atoms with van der Waals surface area (Å²) in [4.78, 5) is 40.4. The molecule has 3 N–H and O–H groups in total. The summed E-state index contributed by atoms with van der Waals surface area (Å²) in [6.45, 7) is 1.77. The predicted molar refractivity (Wildman–Crippen MR) is 103 cm³/mol. The van der Waals surface area contributed by atoms with Crippen LogP contribution in [0.2, 0.25) is 0 Å². The molecule has 0 aromatic heterocycles. The van der Waals surface area contributed by atoms with Crippen LogP contribution in [0.5, 0.6) is 0 Å². The average molecular weight is 422 g/mol. The number of carbonyl (C=O) groups is 3. The Morgan fingerprint density at radius 2 is 2.24 bits per heavy atom. The number of azide groups is 1. The number of amides is 2. The van der Waals surface area contributed by atoms with Crippen LogP contribution in [-0.4, -0.2) is 63.9 Å². The van der Waals surface area contributed by atoms with Crippen LogP contribution in [-0.2, 0) is 14.4 Å². The third kappa shape index (κ3) is 4.82. The van der Waals surface area contributed by atoms with Crippen molar-refractivity contribution >= 4 is 29.5 Å². The van der Waals surface area contributed by atoms with Gasteiger partial charge in [-0.2, -0.15) is 5.26 Å². The lowest BCUT2D eigenvalue weighted by molar-refractivity contribution is -0.163. The van der Waals surface area contributed by atoms with E-state index in [2.05, 4.69) is 15.3 Å². The molecule has 4 atom stereocenters. The van der Waals surface area contributed by atoms with Crippen LogP contribution < -0.4 is 5.32 Å². The largest absolute Gasteiger partial charge is 0.477 e. The molecule has 2 aliphatic rings. The van der Waals surface area contributed by atoms with Crippen LogP contribution in [0.15, 0.2) is 15.7 Å². The van der Waals surface area contributed by atoms with Gasteiger partial charge in [0.25, 0.3) is 0 Å². The molecule has 0 bridgehead atoms. The Hall–Kier alpha value is -2.74. The lowest BCUT2D eigenvalue weighted by Crippen LogP contribution is -2.64. The van der Waals surface area contributed by atoms with Gasteiger partial charge < -0.3 is 20.4 Å². The fourth-order valence-corrected chi connectivity index (χ4v) is 4.91. The van der Waals surface area contributed by atoms with Gasteiger partial charge in [-0.3, -0.25) is 9.59 Å². The average Bonchev–Trinajstić information content (AvgIpc) is 2.92. The summed E-state index contributed by atoms with van der Waals surface area (Å²) >= 11 is 1.23. The minimum Gasteiger partial charge on any atom is -0.477 e. The summed E-state index contributed by atoms with van der Waals surface area (Å²) in [5.41, 5.74) is 8.14. The molecule has 2 heterocycles. The van der Waals surface area contributed by atoms with Crippen molar-refractivity contribution in [2.45, 2.75) is 38.3 Å². The minimum atomic E-state index is -1.23. The molecule has 12 heteroatoms. The lowest BCUT2D eigenvalue weighted by atomic mass is 9.77. The molecule has 0 aromatic carbocycles. The Kier molecular flexibility index (Phi) is 7.90. The first-order valence-electron chi connectivity index (χ1n) is 9.11. The number of thioether (sulfide) groups is 1. The molecular weight excluding hydrogens is 400 g/mol. The standard InChI is InChI=1S/C17H22N6O5S/c1-9(24)12-13-10(3-6-20-11(25)4-7-21-22-19)15(29-8-2-5-18)14(17(27)28)23(13)16(12)26/h9-10,12-13,24H,2-4,6-8H2,1H3,(H,20,25)(H,27,28)/t9-,10-,12-,13?/m1/s1. The van der Waals surface area contributed by atoms with E-state index in [0.29, 0.717) is 17.1 Å². The number of aliphatic hydroxyl groups is 1. The van der Waals surface area contributed by atoms with Gasteiger partial charge in [-0.25, -0.2) is 4.79 Å². The van der Waals surface area contributed by atoms with Gasteiger partial charge in [0.1, 0.15) is 5.70 Å². The molecule has 2 aliphatic heterocycles. The number of nitrogens with one attached hydrogen (secondary N) is 1. The van der Waals surface area contributed by atoms with Crippen LogP contribution in [0.1, 0.15) is 26.2 Å². The highest BCUT2D eigenvalue weighted by Crippen LogP contribution is 2.51. The fraction of sp³-hybridized carbons (Fsp3) is 0.647. The van der Waals surface area contributed by atoms with E-state index >= 15 is 0 Å². The van der Waals surface area contributed by atoms with Crippen molar-refractivity contribution in [2.24, 2.45) is 17.0 Å². The Labute approximate surface area is 171 Å². The number of aliphatic hydroxyl groups excluding tert-OH is 1. The normalized spacial score (nSPS) is 23.6. The second kappa shape index (κ2) is 10.2. The molecule has 1 unspecified atom stereocenters. The third-order valence-corrected chi connectivity index (χ3v) is 6.10. The van der Waals surface area contributed by atoms with E-state index in [0.717, 1.165) is 0 Å². The summed E-state index contributed by atoms with van der Waals surface area (Å²) in [6.07, 6.45) is -0.291. The Morgan fingerprint density at radius 1 is 1.52 bits per heavy atom. The van der Waals surface area contributed by atoms with Gasteiger partial charge >= 0.3 is 5.97 Å². The van der Waals surface area contributed by atoms with Crippen LogP contribution in [0.4, 0.5) is 0 Å². The van der Waals surface area contributed by atoms with Gasteiger partial charge in [-0.15, -0.1) is 11.8 Å². The Balaban J connectivity index is 2.16. The minimum absolute atomic E-state index is 0.0407.